The fourth-order valence-electron chi connectivity index (χ4n) is 3.85. The maximum Gasteiger partial charge on any atom is 0.409 e. The highest BCUT2D eigenvalue weighted by Gasteiger charge is 2.42. The largest absolute Gasteiger partial charge is 0.478 e. The maximum atomic E-state index is 12.6. The van der Waals surface area contributed by atoms with Gasteiger partial charge >= 0.3 is 12.1 Å². The second-order valence-electron chi connectivity index (χ2n) is 7.49. The molecule has 31 heavy (non-hydrogen) atoms. The molecule has 1 unspecified atom stereocenters. The molecule has 2 N–H and O–H groups in total. The Morgan fingerprint density at radius 3 is 2.26 bits per heavy atom. The first-order valence-electron chi connectivity index (χ1n) is 10.5. The Morgan fingerprint density at radius 2 is 1.71 bits per heavy atom. The number of amides is 1. The zero-order valence-corrected chi connectivity index (χ0v) is 17.5. The van der Waals surface area contributed by atoms with Crippen molar-refractivity contribution in [1.82, 2.24) is 5.32 Å². The van der Waals surface area contributed by atoms with E-state index < -0.39 is 17.8 Å². The zero-order chi connectivity index (χ0) is 22.3. The predicted molar refractivity (Wildman–Crippen MR) is 115 cm³/mol. The van der Waals surface area contributed by atoms with Crippen LogP contribution in [0, 0.1) is 0 Å². The molecule has 1 amide bonds. The van der Waals surface area contributed by atoms with Crippen LogP contribution in [0.25, 0.3) is 11.1 Å². The van der Waals surface area contributed by atoms with Gasteiger partial charge in [0.25, 0.3) is 0 Å². The number of aliphatic carboxylic acids is 1. The van der Waals surface area contributed by atoms with Crippen LogP contribution < -0.4 is 5.32 Å². The van der Waals surface area contributed by atoms with E-state index in [9.17, 15) is 19.5 Å². The lowest BCUT2D eigenvalue weighted by Gasteiger charge is -2.30. The van der Waals surface area contributed by atoms with E-state index in [-0.39, 0.29) is 32.0 Å². The molecule has 7 nitrogen and oxygen atoms in total. The molecule has 1 aliphatic carbocycles. The smallest absolute Gasteiger partial charge is 0.409 e. The second kappa shape index (κ2) is 10.2. The average Bonchev–Trinajstić information content (AvgIpc) is 3.10. The molecule has 2 aromatic rings. The van der Waals surface area contributed by atoms with Gasteiger partial charge in [-0.3, -0.25) is 5.32 Å². The van der Waals surface area contributed by atoms with Crippen molar-refractivity contribution in [2.24, 2.45) is 0 Å². The molecule has 0 saturated heterocycles. The van der Waals surface area contributed by atoms with Crippen LogP contribution in [-0.2, 0) is 19.1 Å². The quantitative estimate of drug-likeness (QED) is 0.319. The Balaban J connectivity index is 1.73. The molecule has 0 heterocycles. The summed E-state index contributed by atoms with van der Waals surface area (Å²) in [6, 6.07) is 15.9. The Kier molecular flexibility index (Phi) is 7.41. The Hall–Kier alpha value is -3.19. The minimum absolute atomic E-state index is 0.0538. The molecule has 164 valence electrons. The summed E-state index contributed by atoms with van der Waals surface area (Å²) in [4.78, 5) is 35.3. The van der Waals surface area contributed by atoms with Crippen LogP contribution >= 0.6 is 0 Å². The number of ether oxygens (including phenoxy) is 2. The van der Waals surface area contributed by atoms with Crippen molar-refractivity contribution in [3.8, 4) is 11.1 Å². The summed E-state index contributed by atoms with van der Waals surface area (Å²) < 4.78 is 11.0. The molecular weight excluding hydrogens is 398 g/mol. The Morgan fingerprint density at radius 1 is 1.10 bits per heavy atom. The number of carbonyl (C=O) groups is 3. The van der Waals surface area contributed by atoms with E-state index in [2.05, 4.69) is 5.32 Å². The average molecular weight is 425 g/mol. The van der Waals surface area contributed by atoms with Gasteiger partial charge in [-0.1, -0.05) is 61.9 Å². The topological polar surface area (TPSA) is 102 Å². The van der Waals surface area contributed by atoms with Gasteiger partial charge in [0, 0.05) is 18.8 Å². The molecule has 0 fully saturated rings. The first kappa shape index (κ1) is 22.5. The first-order valence-corrected chi connectivity index (χ1v) is 10.5. The summed E-state index contributed by atoms with van der Waals surface area (Å²) in [5, 5.41) is 12.1. The summed E-state index contributed by atoms with van der Waals surface area (Å²) in [5.41, 5.74) is 2.31. The number of alkyl carbamates (subject to hydrolysis) is 1. The number of carbonyl (C=O) groups excluding carboxylic acids is 2. The molecule has 3 rings (SSSR count). The van der Waals surface area contributed by atoms with Crippen LogP contribution in [0.3, 0.4) is 0 Å². The third-order valence-corrected chi connectivity index (χ3v) is 5.45. The van der Waals surface area contributed by atoms with Crippen molar-refractivity contribution in [2.75, 3.05) is 13.2 Å². The molecule has 1 aliphatic rings. The number of benzene rings is 2. The molecule has 0 aromatic heterocycles. The Labute approximate surface area is 181 Å². The van der Waals surface area contributed by atoms with Gasteiger partial charge in [-0.2, -0.15) is 0 Å². The molecule has 2 aromatic carbocycles. The highest BCUT2D eigenvalue weighted by molar-refractivity contribution is 5.83. The maximum absolute atomic E-state index is 12.6. The lowest BCUT2D eigenvalue weighted by molar-refractivity contribution is -0.172. The van der Waals surface area contributed by atoms with Crippen LogP contribution in [0.4, 0.5) is 4.79 Å². The summed E-state index contributed by atoms with van der Waals surface area (Å²) >= 11 is 0. The van der Waals surface area contributed by atoms with E-state index in [0.717, 1.165) is 28.7 Å². The van der Waals surface area contributed by atoms with Crippen LogP contribution in [0.15, 0.2) is 48.5 Å². The standard InChI is InChI=1S/C24H27NO6/c1-2-3-15-31-24(22(27)28,13-8-14-26)25-23(29)30-16-21-19-11-6-4-9-17(19)18-10-5-7-12-20(18)21/h4-7,9-12,14,21H,2-3,8,13,15-16H2,1H3,(H,25,29)(H,27,28). The van der Waals surface area contributed by atoms with Crippen molar-refractivity contribution in [3.05, 3.63) is 59.7 Å². The fraction of sp³-hybridized carbons (Fsp3) is 0.375. The number of carboxylic acids is 1. The van der Waals surface area contributed by atoms with Gasteiger partial charge in [-0.15, -0.1) is 0 Å². The van der Waals surface area contributed by atoms with Crippen LogP contribution in [0.1, 0.15) is 49.7 Å². The van der Waals surface area contributed by atoms with Gasteiger partial charge < -0.3 is 19.4 Å². The van der Waals surface area contributed by atoms with E-state index in [1.807, 2.05) is 55.5 Å². The van der Waals surface area contributed by atoms with Gasteiger partial charge in [-0.25, -0.2) is 9.59 Å². The van der Waals surface area contributed by atoms with Crippen LogP contribution in [-0.4, -0.2) is 42.4 Å². The molecule has 0 bridgehead atoms. The van der Waals surface area contributed by atoms with E-state index in [0.29, 0.717) is 12.7 Å². The highest BCUT2D eigenvalue weighted by atomic mass is 16.6. The lowest BCUT2D eigenvalue weighted by Crippen LogP contribution is -2.57. The monoisotopic (exact) mass is 425 g/mol. The van der Waals surface area contributed by atoms with Gasteiger partial charge in [0.1, 0.15) is 12.9 Å². The van der Waals surface area contributed by atoms with Crippen molar-refractivity contribution in [3.63, 3.8) is 0 Å². The zero-order valence-electron chi connectivity index (χ0n) is 17.5. The molecule has 1 atom stereocenters. The van der Waals surface area contributed by atoms with Crippen molar-refractivity contribution >= 4 is 18.3 Å². The number of aldehydes is 1. The molecule has 0 aliphatic heterocycles. The molecule has 0 saturated carbocycles. The van der Waals surface area contributed by atoms with Gasteiger partial charge in [-0.05, 0) is 28.7 Å². The van der Waals surface area contributed by atoms with Crippen molar-refractivity contribution in [2.45, 2.75) is 44.2 Å². The summed E-state index contributed by atoms with van der Waals surface area (Å²) in [5.74, 6) is -1.51. The number of hydrogen-bond donors (Lipinski definition) is 2. The fourth-order valence-corrected chi connectivity index (χ4v) is 3.85. The molecule has 0 spiro atoms. The SMILES string of the molecule is CCCCOC(CCC=O)(NC(=O)OCC1c2ccccc2-c2ccccc21)C(=O)O. The minimum Gasteiger partial charge on any atom is -0.478 e. The molecular formula is C24H27NO6. The van der Waals surface area contributed by atoms with Crippen LogP contribution in [0.5, 0.6) is 0 Å². The third kappa shape index (κ3) is 4.94. The van der Waals surface area contributed by atoms with E-state index >= 15 is 0 Å². The number of unbranched alkanes of at least 4 members (excludes halogenated alkanes) is 1. The van der Waals surface area contributed by atoms with Gasteiger partial charge in [0.05, 0.1) is 6.61 Å². The number of nitrogens with one attached hydrogen (secondary N) is 1. The van der Waals surface area contributed by atoms with E-state index in [1.165, 1.54) is 0 Å². The van der Waals surface area contributed by atoms with Gasteiger partial charge in [0.2, 0.25) is 5.72 Å². The molecule has 7 heteroatoms. The minimum atomic E-state index is -2.00. The van der Waals surface area contributed by atoms with Crippen LogP contribution in [0.2, 0.25) is 0 Å². The predicted octanol–water partition coefficient (Wildman–Crippen LogP) is 4.10. The summed E-state index contributed by atoms with van der Waals surface area (Å²) in [6.45, 7) is 2.14. The highest BCUT2D eigenvalue weighted by Crippen LogP contribution is 2.44. The van der Waals surface area contributed by atoms with Gasteiger partial charge in [0.15, 0.2) is 0 Å². The summed E-state index contributed by atoms with van der Waals surface area (Å²) in [7, 11) is 0. The molecule has 0 radical (unpaired) electrons. The van der Waals surface area contributed by atoms with Crippen molar-refractivity contribution in [1.29, 1.82) is 0 Å². The second-order valence-corrected chi connectivity index (χ2v) is 7.49. The van der Waals surface area contributed by atoms with Crippen molar-refractivity contribution < 1.29 is 29.0 Å². The van der Waals surface area contributed by atoms with E-state index in [4.69, 9.17) is 9.47 Å². The number of hydrogen-bond acceptors (Lipinski definition) is 5. The summed E-state index contributed by atoms with van der Waals surface area (Å²) in [6.07, 6.45) is 0.880. The normalized spacial score (nSPS) is 14.2. The number of carboxylic acid groups (broad SMARTS) is 1. The number of rotatable bonds is 11. The van der Waals surface area contributed by atoms with E-state index in [1.54, 1.807) is 0 Å². The lowest BCUT2D eigenvalue weighted by atomic mass is 9.98. The first-order chi connectivity index (χ1) is 15.0. The Bertz CT molecular complexity index is 898. The number of fused-ring (bicyclic) bond motifs is 3. The third-order valence-electron chi connectivity index (χ3n) is 5.45.